The number of carbonyl (C=O) groups is 1. The van der Waals surface area contributed by atoms with E-state index in [1.165, 1.54) is 0 Å². The van der Waals surface area contributed by atoms with Crippen molar-refractivity contribution in [1.82, 2.24) is 19.5 Å². The second kappa shape index (κ2) is 6.04. The van der Waals surface area contributed by atoms with Crippen molar-refractivity contribution in [3.63, 3.8) is 0 Å². The zero-order valence-electron chi connectivity index (χ0n) is 13.9. The molecule has 0 spiro atoms. The van der Waals surface area contributed by atoms with Gasteiger partial charge in [0.2, 0.25) is 0 Å². The second-order valence-corrected chi connectivity index (χ2v) is 6.73. The van der Waals surface area contributed by atoms with Crippen molar-refractivity contribution in [3.05, 3.63) is 58.5 Å². The van der Waals surface area contributed by atoms with E-state index in [2.05, 4.69) is 10.1 Å². The number of carbonyl (C=O) groups excluding carboxylic acids is 1. The van der Waals surface area contributed by atoms with Crippen LogP contribution in [0.15, 0.2) is 36.7 Å². The van der Waals surface area contributed by atoms with Gasteiger partial charge in [-0.25, -0.2) is 9.50 Å². The number of rotatable bonds is 3. The van der Waals surface area contributed by atoms with E-state index in [1.54, 1.807) is 27.9 Å². The van der Waals surface area contributed by atoms with Crippen LogP contribution in [0.3, 0.4) is 0 Å². The predicted molar refractivity (Wildman–Crippen MR) is 93.8 cm³/mol. The van der Waals surface area contributed by atoms with Gasteiger partial charge in [0.25, 0.3) is 5.91 Å². The topological polar surface area (TPSA) is 59.7 Å². The van der Waals surface area contributed by atoms with Gasteiger partial charge >= 0.3 is 0 Å². The summed E-state index contributed by atoms with van der Waals surface area (Å²) in [4.78, 5) is 19.1. The van der Waals surface area contributed by atoms with Crippen LogP contribution in [-0.4, -0.2) is 31.5 Å². The first kappa shape index (κ1) is 15.9. The highest BCUT2D eigenvalue weighted by molar-refractivity contribution is 6.30. The van der Waals surface area contributed by atoms with E-state index in [-0.39, 0.29) is 12.0 Å². The van der Waals surface area contributed by atoms with E-state index in [0.29, 0.717) is 29.4 Å². The summed E-state index contributed by atoms with van der Waals surface area (Å²) in [6.07, 6.45) is 3.32. The molecule has 0 atom stereocenters. The molecule has 2 aromatic heterocycles. The van der Waals surface area contributed by atoms with Crippen LogP contribution in [0.4, 0.5) is 0 Å². The molecule has 0 radical (unpaired) electrons. The number of para-hydroxylation sites is 1. The highest BCUT2D eigenvalue weighted by Crippen LogP contribution is 2.29. The standard InChI is InChI=1S/C18H17ClN4O2/c1-11(2)25-16-6-4-3-5-13(16)18(24)22-9-14-15(10-22)21-23-8-12(19)7-20-17(14)23/h3-8,11H,9-10H2,1-2H3. The molecule has 0 unspecified atom stereocenters. The number of nitrogens with zero attached hydrogens (tertiary/aromatic N) is 4. The van der Waals surface area contributed by atoms with Crippen LogP contribution >= 0.6 is 11.6 Å². The molecule has 1 amide bonds. The molecule has 0 N–H and O–H groups in total. The molecule has 1 aromatic carbocycles. The summed E-state index contributed by atoms with van der Waals surface area (Å²) < 4.78 is 7.45. The number of hydrogen-bond acceptors (Lipinski definition) is 4. The Bertz CT molecular complexity index is 967. The average Bonchev–Trinajstić information content (AvgIpc) is 3.11. The summed E-state index contributed by atoms with van der Waals surface area (Å²) in [6, 6.07) is 7.33. The Labute approximate surface area is 150 Å². The normalized spacial score (nSPS) is 13.5. The summed E-state index contributed by atoms with van der Waals surface area (Å²) >= 11 is 5.96. The van der Waals surface area contributed by atoms with Gasteiger partial charge in [0.05, 0.1) is 41.7 Å². The van der Waals surface area contributed by atoms with Crippen LogP contribution in [0, 0.1) is 0 Å². The molecule has 0 saturated carbocycles. The van der Waals surface area contributed by atoms with Crippen molar-refractivity contribution in [2.75, 3.05) is 0 Å². The minimum Gasteiger partial charge on any atom is -0.490 e. The molecule has 7 heteroatoms. The molecular formula is C18H17ClN4O2. The minimum atomic E-state index is -0.0682. The van der Waals surface area contributed by atoms with E-state index >= 15 is 0 Å². The molecule has 1 aliphatic rings. The third kappa shape index (κ3) is 2.82. The molecule has 0 aliphatic carbocycles. The summed E-state index contributed by atoms with van der Waals surface area (Å²) in [5.74, 6) is 0.535. The maximum atomic E-state index is 13.0. The number of hydrogen-bond donors (Lipinski definition) is 0. The Kier molecular flexibility index (Phi) is 3.84. The molecule has 0 fully saturated rings. The van der Waals surface area contributed by atoms with Crippen molar-refractivity contribution >= 4 is 23.2 Å². The van der Waals surface area contributed by atoms with E-state index in [4.69, 9.17) is 16.3 Å². The number of amides is 1. The SMILES string of the molecule is CC(C)Oc1ccccc1C(=O)N1Cc2nn3cc(Cl)cnc3c2C1. The van der Waals surface area contributed by atoms with Crippen LogP contribution in [0.5, 0.6) is 5.75 Å². The van der Waals surface area contributed by atoms with Gasteiger partial charge in [0, 0.05) is 11.8 Å². The largest absolute Gasteiger partial charge is 0.490 e. The molecular weight excluding hydrogens is 340 g/mol. The smallest absolute Gasteiger partial charge is 0.258 e. The van der Waals surface area contributed by atoms with Crippen molar-refractivity contribution in [2.24, 2.45) is 0 Å². The van der Waals surface area contributed by atoms with Crippen LogP contribution in [-0.2, 0) is 13.1 Å². The van der Waals surface area contributed by atoms with Crippen molar-refractivity contribution in [3.8, 4) is 5.75 Å². The predicted octanol–water partition coefficient (Wildman–Crippen LogP) is 3.33. The molecule has 25 heavy (non-hydrogen) atoms. The number of fused-ring (bicyclic) bond motifs is 3. The molecule has 128 valence electrons. The number of aromatic nitrogens is 3. The van der Waals surface area contributed by atoms with Gasteiger partial charge in [-0.05, 0) is 26.0 Å². The second-order valence-electron chi connectivity index (χ2n) is 6.29. The fourth-order valence-electron chi connectivity index (χ4n) is 3.04. The Morgan fingerprint density at radius 2 is 2.08 bits per heavy atom. The summed E-state index contributed by atoms with van der Waals surface area (Å²) in [5.41, 5.74) is 3.12. The van der Waals surface area contributed by atoms with Gasteiger partial charge in [-0.15, -0.1) is 0 Å². The highest BCUT2D eigenvalue weighted by Gasteiger charge is 2.30. The first-order valence-corrected chi connectivity index (χ1v) is 8.47. The van der Waals surface area contributed by atoms with Gasteiger partial charge in [0.15, 0.2) is 5.65 Å². The van der Waals surface area contributed by atoms with Crippen molar-refractivity contribution in [2.45, 2.75) is 33.0 Å². The fraction of sp³-hybridized carbons (Fsp3) is 0.278. The third-order valence-electron chi connectivity index (χ3n) is 4.08. The molecule has 1 aliphatic heterocycles. The molecule has 4 rings (SSSR count). The van der Waals surface area contributed by atoms with E-state index < -0.39 is 0 Å². The molecule has 6 nitrogen and oxygen atoms in total. The Balaban J connectivity index is 1.63. The van der Waals surface area contributed by atoms with E-state index in [0.717, 1.165) is 16.9 Å². The lowest BCUT2D eigenvalue weighted by Crippen LogP contribution is -2.26. The zero-order valence-corrected chi connectivity index (χ0v) is 14.7. The van der Waals surface area contributed by atoms with Crippen LogP contribution < -0.4 is 4.74 Å². The molecule has 0 bridgehead atoms. The van der Waals surface area contributed by atoms with Gasteiger partial charge in [-0.2, -0.15) is 5.10 Å². The first-order chi connectivity index (χ1) is 12.0. The van der Waals surface area contributed by atoms with Crippen molar-refractivity contribution in [1.29, 1.82) is 0 Å². The zero-order chi connectivity index (χ0) is 17.6. The van der Waals surface area contributed by atoms with Gasteiger partial charge < -0.3 is 9.64 Å². The molecule has 0 saturated heterocycles. The van der Waals surface area contributed by atoms with Gasteiger partial charge in [-0.3, -0.25) is 4.79 Å². The maximum absolute atomic E-state index is 13.0. The Hall–Kier alpha value is -2.60. The lowest BCUT2D eigenvalue weighted by atomic mass is 10.1. The first-order valence-electron chi connectivity index (χ1n) is 8.09. The molecule has 3 heterocycles. The monoisotopic (exact) mass is 356 g/mol. The van der Waals surface area contributed by atoms with Crippen LogP contribution in [0.1, 0.15) is 35.5 Å². The minimum absolute atomic E-state index is 0.00267. The molecule has 3 aromatic rings. The lowest BCUT2D eigenvalue weighted by molar-refractivity contribution is 0.0743. The van der Waals surface area contributed by atoms with E-state index in [9.17, 15) is 4.79 Å². The van der Waals surface area contributed by atoms with Crippen molar-refractivity contribution < 1.29 is 9.53 Å². The van der Waals surface area contributed by atoms with Gasteiger partial charge in [-0.1, -0.05) is 23.7 Å². The third-order valence-corrected chi connectivity index (χ3v) is 4.27. The number of benzene rings is 1. The lowest BCUT2D eigenvalue weighted by Gasteiger charge is -2.19. The average molecular weight is 357 g/mol. The number of ether oxygens (including phenoxy) is 1. The summed E-state index contributed by atoms with van der Waals surface area (Å²) in [6.45, 7) is 4.81. The Morgan fingerprint density at radius 3 is 2.88 bits per heavy atom. The highest BCUT2D eigenvalue weighted by atomic mass is 35.5. The van der Waals surface area contributed by atoms with Crippen LogP contribution in [0.2, 0.25) is 5.02 Å². The van der Waals surface area contributed by atoms with E-state index in [1.807, 2.05) is 32.0 Å². The van der Waals surface area contributed by atoms with Gasteiger partial charge in [0.1, 0.15) is 5.75 Å². The number of halogens is 1. The maximum Gasteiger partial charge on any atom is 0.258 e. The quantitative estimate of drug-likeness (QED) is 0.722. The summed E-state index contributed by atoms with van der Waals surface area (Å²) in [5, 5.41) is 5.02. The fourth-order valence-corrected chi connectivity index (χ4v) is 3.18. The van der Waals surface area contributed by atoms with Crippen LogP contribution in [0.25, 0.3) is 5.65 Å². The summed E-state index contributed by atoms with van der Waals surface area (Å²) in [7, 11) is 0. The Morgan fingerprint density at radius 1 is 1.28 bits per heavy atom.